The Morgan fingerprint density at radius 3 is 2.11 bits per heavy atom. The van der Waals surface area contributed by atoms with E-state index in [1.165, 1.54) is 12.7 Å². The third-order valence-electron chi connectivity index (χ3n) is 23.9. The van der Waals surface area contributed by atoms with Crippen molar-refractivity contribution in [3.8, 4) is 11.5 Å². The molecule has 0 aromatic heterocycles. The molecule has 15 atom stereocenters. The van der Waals surface area contributed by atoms with E-state index in [9.17, 15) is 24.3 Å². The molecule has 0 spiro atoms. The van der Waals surface area contributed by atoms with Crippen molar-refractivity contribution in [2.45, 2.75) is 190 Å². The van der Waals surface area contributed by atoms with Crippen LogP contribution in [0.2, 0.25) is 0 Å². The summed E-state index contributed by atoms with van der Waals surface area (Å²) in [5, 5.41) is 12.8. The van der Waals surface area contributed by atoms with Gasteiger partial charge in [0.2, 0.25) is 11.4 Å². The minimum atomic E-state index is -2.34. The van der Waals surface area contributed by atoms with E-state index >= 15 is 0 Å². The van der Waals surface area contributed by atoms with Crippen LogP contribution >= 0.6 is 0 Å². The summed E-state index contributed by atoms with van der Waals surface area (Å²) in [7, 11) is 1.51. The average molecular weight is 901 g/mol. The number of esters is 1. The Morgan fingerprint density at radius 1 is 0.742 bits per heavy atom. The lowest BCUT2D eigenvalue weighted by molar-refractivity contribution is -0.234. The number of aliphatic hydroxyl groups is 1. The summed E-state index contributed by atoms with van der Waals surface area (Å²) in [6.07, 6.45) is 18.6. The van der Waals surface area contributed by atoms with Crippen molar-refractivity contribution >= 4 is 23.3 Å². The number of carbonyl (C=O) groups excluding carboxylic acids is 4. The number of ketones is 3. The van der Waals surface area contributed by atoms with Crippen LogP contribution in [0.15, 0.2) is 41.0 Å². The van der Waals surface area contributed by atoms with Gasteiger partial charge in [-0.1, -0.05) is 68.4 Å². The number of hydrogen-bond acceptors (Lipinski definition) is 8. The number of benzene rings is 1. The molecule has 66 heavy (non-hydrogen) atoms. The van der Waals surface area contributed by atoms with Crippen molar-refractivity contribution < 1.29 is 38.5 Å². The highest BCUT2D eigenvalue weighted by molar-refractivity contribution is 6.10. The fraction of sp³-hybridized carbons (Fsp3) is 0.724. The van der Waals surface area contributed by atoms with Crippen molar-refractivity contribution in [1.29, 1.82) is 0 Å². The Hall–Kier alpha value is -3.52. The number of allylic oxidation sites excluding steroid dienone is 3. The summed E-state index contributed by atoms with van der Waals surface area (Å²) in [4.78, 5) is 56.1. The van der Waals surface area contributed by atoms with Gasteiger partial charge in [-0.05, 0) is 195 Å². The van der Waals surface area contributed by atoms with E-state index in [4.69, 9.17) is 14.2 Å². The van der Waals surface area contributed by atoms with Gasteiger partial charge in [0, 0.05) is 34.5 Å². The monoisotopic (exact) mass is 901 g/mol. The van der Waals surface area contributed by atoms with Gasteiger partial charge in [0.1, 0.15) is 5.78 Å². The first-order chi connectivity index (χ1) is 30.6. The zero-order valence-corrected chi connectivity index (χ0v) is 42.3. The van der Waals surface area contributed by atoms with Gasteiger partial charge in [-0.25, -0.2) is 0 Å². The summed E-state index contributed by atoms with van der Waals surface area (Å²) < 4.78 is 19.3. The van der Waals surface area contributed by atoms with Gasteiger partial charge >= 0.3 is 11.8 Å². The van der Waals surface area contributed by atoms with Gasteiger partial charge in [0.05, 0.1) is 12.5 Å². The molecule has 1 heterocycles. The van der Waals surface area contributed by atoms with E-state index in [2.05, 4.69) is 75.3 Å². The molecule has 6 fully saturated rings. The van der Waals surface area contributed by atoms with Crippen molar-refractivity contribution in [2.75, 3.05) is 7.11 Å². The van der Waals surface area contributed by atoms with Gasteiger partial charge in [0.15, 0.2) is 17.3 Å². The lowest BCUT2D eigenvalue weighted by atomic mass is 9.33. The third-order valence-corrected chi connectivity index (χ3v) is 23.9. The number of carbonyl (C=O) groups is 4. The number of Topliss-reactive ketones (excluding diaryl/α,β-unsaturated/α-hetero) is 1. The first-order valence-corrected chi connectivity index (χ1v) is 25.7. The minimum absolute atomic E-state index is 0.0115. The van der Waals surface area contributed by atoms with Crippen LogP contribution in [-0.4, -0.2) is 46.9 Å². The molecule has 356 valence electrons. The lowest BCUT2D eigenvalue weighted by Crippen LogP contribution is -2.71. The molecule has 10 aliphatic rings. The van der Waals surface area contributed by atoms with Crippen LogP contribution in [0.4, 0.5) is 0 Å². The maximum atomic E-state index is 14.8. The number of ether oxygens (including phenoxy) is 3. The number of methoxy groups -OCH3 is 1. The van der Waals surface area contributed by atoms with Crippen LogP contribution in [0.1, 0.15) is 188 Å². The molecule has 1 aromatic rings. The molecule has 1 aromatic carbocycles. The topological polar surface area (TPSA) is 116 Å². The predicted molar refractivity (Wildman–Crippen MR) is 253 cm³/mol. The smallest absolute Gasteiger partial charge is 0.317 e. The average Bonchev–Trinajstić information content (AvgIpc) is 3.25. The first-order valence-electron chi connectivity index (χ1n) is 25.7. The fourth-order valence-corrected chi connectivity index (χ4v) is 19.0. The van der Waals surface area contributed by atoms with Gasteiger partial charge in [-0.15, -0.1) is 0 Å². The summed E-state index contributed by atoms with van der Waals surface area (Å²) in [5.74, 6) is -0.844. The Kier molecular flexibility index (Phi) is 8.86. The molecule has 9 aliphatic carbocycles. The van der Waals surface area contributed by atoms with Crippen LogP contribution in [0, 0.1) is 73.9 Å². The molecule has 1 aliphatic heterocycles. The van der Waals surface area contributed by atoms with Crippen LogP contribution < -0.4 is 9.47 Å². The van der Waals surface area contributed by atoms with E-state index < -0.39 is 28.0 Å². The van der Waals surface area contributed by atoms with Crippen LogP contribution in [0.5, 0.6) is 11.5 Å². The second kappa shape index (κ2) is 13.0. The first kappa shape index (κ1) is 45.0. The molecule has 0 radical (unpaired) electrons. The molecule has 8 nitrogen and oxygen atoms in total. The van der Waals surface area contributed by atoms with Crippen molar-refractivity contribution in [1.82, 2.24) is 0 Å². The molecule has 0 unspecified atom stereocenters. The fourth-order valence-electron chi connectivity index (χ4n) is 19.0. The normalized spacial score (nSPS) is 50.8. The molecule has 6 saturated carbocycles. The Bertz CT molecular complexity index is 2570. The van der Waals surface area contributed by atoms with E-state index in [-0.39, 0.29) is 73.2 Å². The predicted octanol–water partition coefficient (Wildman–Crippen LogP) is 11.9. The SMILES string of the molecule is COC(=O)[C@]1(C)CC[C@]2(C)CC[C@]3(C)C4=CC(=O)c5c(cc6c(c5C)O[C@]5(O)C(=O)C=C7C(=CC[C@@H]8[C@@]7(C)CC[C@@]7(C)[C@@H]9C[C@@H](C)C(=O)C[C@]9(C)CC[C@]87C)[C@]5(C)O6)[C@]4(C)CC[C@@]3(C)[C@@H]2C1. The van der Waals surface area contributed by atoms with E-state index in [0.717, 1.165) is 100 Å². The maximum Gasteiger partial charge on any atom is 0.317 e. The molecule has 0 saturated heterocycles. The molecule has 0 bridgehead atoms. The third kappa shape index (κ3) is 4.97. The molecular formula is C58H76O8. The molecule has 0 amide bonds. The lowest BCUT2D eigenvalue weighted by Gasteiger charge is -2.71. The molecule has 8 heteroatoms. The van der Waals surface area contributed by atoms with Gasteiger partial charge in [0.25, 0.3) is 0 Å². The number of hydrogen-bond donors (Lipinski definition) is 1. The van der Waals surface area contributed by atoms with Gasteiger partial charge in [-0.2, -0.15) is 0 Å². The summed E-state index contributed by atoms with van der Waals surface area (Å²) in [5.41, 5.74) is 1.82. The minimum Gasteiger partial charge on any atom is -0.471 e. The Balaban J connectivity index is 0.967. The highest BCUT2D eigenvalue weighted by Crippen LogP contribution is 2.78. The van der Waals surface area contributed by atoms with Gasteiger partial charge in [-0.3, -0.25) is 19.2 Å². The Labute approximate surface area is 393 Å². The van der Waals surface area contributed by atoms with Crippen LogP contribution in [0.3, 0.4) is 0 Å². The standard InChI is InChI=1S/C58H76O8/c1-32-26-41-49(4,30-38(32)60)19-23-53(8)40-15-14-34-35(51(40,6)20-24-54(41,53)9)28-44(61)58(63)57(34,12)65-39-27-36-45(33(2)46(39)66-58)37(59)29-42-52(36,7)21-25-56(11)43-31-50(5,47(62)64-13)17-16-48(43,3)18-22-55(42,56)10/h14,27-29,32,40-41,43,63H,15-26,30-31H2,1-13H3/t32-,40-,41-,43-,48-,49+,50-,51+,52+,53-,54+,55-,56+,57+,58-/m1/s1. The van der Waals surface area contributed by atoms with Crippen LogP contribution in [-0.2, 0) is 24.5 Å². The van der Waals surface area contributed by atoms with Crippen LogP contribution in [0.25, 0.3) is 0 Å². The highest BCUT2D eigenvalue weighted by atomic mass is 16.7. The van der Waals surface area contributed by atoms with Crippen molar-refractivity contribution in [2.24, 2.45) is 67.0 Å². The number of fused-ring (bicyclic) bond motifs is 17. The quantitative estimate of drug-likeness (QED) is 0.277. The number of rotatable bonds is 1. The summed E-state index contributed by atoms with van der Waals surface area (Å²) in [6.45, 7) is 27.3. The molecule has 11 rings (SSSR count). The summed E-state index contributed by atoms with van der Waals surface area (Å²) in [6, 6.07) is 2.03. The molecule has 1 N–H and O–H groups in total. The summed E-state index contributed by atoms with van der Waals surface area (Å²) >= 11 is 0. The largest absolute Gasteiger partial charge is 0.471 e. The zero-order chi connectivity index (χ0) is 47.6. The van der Waals surface area contributed by atoms with E-state index in [0.29, 0.717) is 35.0 Å². The second-order valence-corrected chi connectivity index (χ2v) is 26.7. The van der Waals surface area contributed by atoms with E-state index in [1.807, 2.05) is 26.0 Å². The Morgan fingerprint density at radius 2 is 1.39 bits per heavy atom. The maximum absolute atomic E-state index is 14.8. The highest BCUT2D eigenvalue weighted by Gasteiger charge is 2.73. The van der Waals surface area contributed by atoms with Crippen molar-refractivity contribution in [3.63, 3.8) is 0 Å². The molecular weight excluding hydrogens is 825 g/mol. The van der Waals surface area contributed by atoms with E-state index in [1.54, 1.807) is 6.08 Å². The second-order valence-electron chi connectivity index (χ2n) is 26.7. The van der Waals surface area contributed by atoms with Crippen molar-refractivity contribution in [3.05, 3.63) is 57.7 Å². The zero-order valence-electron chi connectivity index (χ0n) is 42.3. The van der Waals surface area contributed by atoms with Gasteiger partial charge < -0.3 is 19.3 Å².